The average Bonchev–Trinajstić information content (AvgIpc) is 2.59. The number of esters is 1. The van der Waals surface area contributed by atoms with Crippen molar-refractivity contribution in [3.05, 3.63) is 0 Å². The third-order valence-corrected chi connectivity index (χ3v) is 3.58. The molecule has 1 heterocycles. The molecular formula is C12H22O12. The monoisotopic (exact) mass is 358 g/mol. The molecule has 0 aliphatic carbocycles. The van der Waals surface area contributed by atoms with Gasteiger partial charge in [-0.1, -0.05) is 0 Å². The summed E-state index contributed by atoms with van der Waals surface area (Å²) in [5.74, 6) is -1.59. The molecule has 1 fully saturated rings. The number of carbonyl (C=O) groups is 1. The van der Waals surface area contributed by atoms with Crippen LogP contribution in [0.1, 0.15) is 0 Å². The number of ether oxygens (including phenoxy) is 2. The quantitative estimate of drug-likeness (QED) is 0.194. The van der Waals surface area contributed by atoms with Gasteiger partial charge in [-0.3, -0.25) is 0 Å². The van der Waals surface area contributed by atoms with Crippen LogP contribution in [0.25, 0.3) is 0 Å². The van der Waals surface area contributed by atoms with Crippen LogP contribution in [0.2, 0.25) is 0 Å². The largest absolute Gasteiger partial charge is 0.431 e. The van der Waals surface area contributed by atoms with Gasteiger partial charge >= 0.3 is 5.97 Å². The van der Waals surface area contributed by atoms with Crippen molar-refractivity contribution in [3.8, 4) is 0 Å². The highest BCUT2D eigenvalue weighted by molar-refractivity contribution is 5.75. The Morgan fingerprint density at radius 1 is 0.958 bits per heavy atom. The molecule has 12 nitrogen and oxygen atoms in total. The highest BCUT2D eigenvalue weighted by Gasteiger charge is 2.46. The van der Waals surface area contributed by atoms with Gasteiger partial charge in [0, 0.05) is 0 Å². The molecule has 9 N–H and O–H groups in total. The predicted octanol–water partition coefficient (Wildman–Crippen LogP) is -6.23. The molecule has 1 unspecified atom stereocenters. The van der Waals surface area contributed by atoms with Crippen LogP contribution in [0.3, 0.4) is 0 Å². The van der Waals surface area contributed by atoms with Crippen molar-refractivity contribution < 1.29 is 60.2 Å². The van der Waals surface area contributed by atoms with Crippen molar-refractivity contribution in [3.63, 3.8) is 0 Å². The number of aliphatic hydroxyl groups is 9. The fourth-order valence-electron chi connectivity index (χ4n) is 2.01. The molecular weight excluding hydrogens is 336 g/mol. The van der Waals surface area contributed by atoms with E-state index in [-0.39, 0.29) is 0 Å². The van der Waals surface area contributed by atoms with E-state index in [9.17, 15) is 35.4 Å². The first-order chi connectivity index (χ1) is 11.1. The van der Waals surface area contributed by atoms with E-state index in [2.05, 4.69) is 4.74 Å². The number of hydrogen-bond donors (Lipinski definition) is 9. The maximum absolute atomic E-state index is 11.7. The zero-order chi connectivity index (χ0) is 18.6. The SMILES string of the molecule is O=C(OC1O[C@H](CO)[C@@H](O)[C@H](O)[C@H]1O)[C@@H](O)[C@@H](O)[C@H](O)[C@H](O)CO. The van der Waals surface area contributed by atoms with Crippen LogP contribution in [0.5, 0.6) is 0 Å². The van der Waals surface area contributed by atoms with Crippen molar-refractivity contribution in [2.24, 2.45) is 0 Å². The maximum atomic E-state index is 11.7. The lowest BCUT2D eigenvalue weighted by molar-refractivity contribution is -0.295. The molecule has 1 aliphatic heterocycles. The normalized spacial score (nSPS) is 35.8. The molecule has 0 bridgehead atoms. The smallest absolute Gasteiger partial charge is 0.340 e. The zero-order valence-electron chi connectivity index (χ0n) is 12.4. The summed E-state index contributed by atoms with van der Waals surface area (Å²) in [4.78, 5) is 11.7. The summed E-state index contributed by atoms with van der Waals surface area (Å²) in [5, 5.41) is 84.0. The predicted molar refractivity (Wildman–Crippen MR) is 71.0 cm³/mol. The topological polar surface area (TPSA) is 218 Å². The molecule has 1 rings (SSSR count). The lowest BCUT2D eigenvalue weighted by Gasteiger charge is -2.39. The van der Waals surface area contributed by atoms with Gasteiger partial charge in [0.25, 0.3) is 0 Å². The number of hydrogen-bond acceptors (Lipinski definition) is 12. The Kier molecular flexibility index (Phi) is 7.88. The molecule has 0 aromatic rings. The first kappa shape index (κ1) is 21.1. The molecule has 0 radical (unpaired) electrons. The van der Waals surface area contributed by atoms with Crippen LogP contribution in [0.15, 0.2) is 0 Å². The van der Waals surface area contributed by atoms with Gasteiger partial charge in [0.2, 0.25) is 6.29 Å². The molecule has 1 aliphatic rings. The van der Waals surface area contributed by atoms with E-state index in [1.54, 1.807) is 0 Å². The third kappa shape index (κ3) is 4.58. The summed E-state index contributed by atoms with van der Waals surface area (Å²) < 4.78 is 9.40. The van der Waals surface area contributed by atoms with Gasteiger partial charge in [-0.2, -0.15) is 0 Å². The fourth-order valence-corrected chi connectivity index (χ4v) is 2.01. The minimum absolute atomic E-state index is 0.772. The molecule has 9 atom stereocenters. The number of aliphatic hydroxyl groups excluding tert-OH is 9. The van der Waals surface area contributed by atoms with Crippen LogP contribution in [0.4, 0.5) is 0 Å². The molecule has 0 amide bonds. The van der Waals surface area contributed by atoms with Gasteiger partial charge in [0.05, 0.1) is 13.2 Å². The number of rotatable bonds is 7. The van der Waals surface area contributed by atoms with Gasteiger partial charge < -0.3 is 55.4 Å². The minimum Gasteiger partial charge on any atom is -0.431 e. The Labute approximate surface area is 135 Å². The summed E-state index contributed by atoms with van der Waals surface area (Å²) >= 11 is 0. The molecule has 0 aromatic carbocycles. The second-order valence-electron chi connectivity index (χ2n) is 5.31. The Hall–Kier alpha value is -0.930. The second kappa shape index (κ2) is 8.96. The van der Waals surface area contributed by atoms with Crippen LogP contribution in [0, 0.1) is 0 Å². The summed E-state index contributed by atoms with van der Waals surface area (Å²) in [6, 6.07) is 0. The van der Waals surface area contributed by atoms with Gasteiger partial charge in [0.1, 0.15) is 42.7 Å². The maximum Gasteiger partial charge on any atom is 0.340 e. The van der Waals surface area contributed by atoms with E-state index in [1.807, 2.05) is 0 Å². The van der Waals surface area contributed by atoms with Crippen LogP contribution in [-0.2, 0) is 14.3 Å². The van der Waals surface area contributed by atoms with E-state index in [0.29, 0.717) is 0 Å². The van der Waals surface area contributed by atoms with Gasteiger partial charge in [-0.25, -0.2) is 4.79 Å². The first-order valence-corrected chi connectivity index (χ1v) is 6.99. The third-order valence-electron chi connectivity index (χ3n) is 3.58. The summed E-state index contributed by atoms with van der Waals surface area (Å²) in [6.07, 6.45) is -17.2. The average molecular weight is 358 g/mol. The summed E-state index contributed by atoms with van der Waals surface area (Å²) in [7, 11) is 0. The van der Waals surface area contributed by atoms with E-state index >= 15 is 0 Å². The highest BCUT2D eigenvalue weighted by atomic mass is 16.7. The molecule has 0 spiro atoms. The lowest BCUT2D eigenvalue weighted by Crippen LogP contribution is -2.60. The first-order valence-electron chi connectivity index (χ1n) is 6.99. The van der Waals surface area contributed by atoms with Crippen molar-refractivity contribution in [1.29, 1.82) is 0 Å². The summed E-state index contributed by atoms with van der Waals surface area (Å²) in [5.41, 5.74) is 0. The molecule has 142 valence electrons. The van der Waals surface area contributed by atoms with Crippen molar-refractivity contribution in [2.75, 3.05) is 13.2 Å². The Morgan fingerprint density at radius 3 is 2.04 bits per heavy atom. The van der Waals surface area contributed by atoms with Crippen LogP contribution in [-0.4, -0.2) is 120 Å². The van der Waals surface area contributed by atoms with Crippen molar-refractivity contribution in [1.82, 2.24) is 0 Å². The van der Waals surface area contributed by atoms with E-state index in [4.69, 9.17) is 20.1 Å². The Bertz CT molecular complexity index is 403. The molecule has 0 aromatic heterocycles. The van der Waals surface area contributed by atoms with E-state index in [0.717, 1.165) is 0 Å². The molecule has 1 saturated heterocycles. The molecule has 24 heavy (non-hydrogen) atoms. The van der Waals surface area contributed by atoms with Crippen molar-refractivity contribution >= 4 is 5.97 Å². The highest BCUT2D eigenvalue weighted by Crippen LogP contribution is 2.22. The lowest BCUT2D eigenvalue weighted by atomic mass is 9.99. The summed E-state index contributed by atoms with van der Waals surface area (Å²) in [6.45, 7) is -1.72. The second-order valence-corrected chi connectivity index (χ2v) is 5.31. The standard InChI is InChI=1S/C12H22O12/c13-1-3(15)5(16)7(18)9(20)11(22)24-12-10(21)8(19)6(17)4(2-14)23-12/h3-10,12-21H,1-2H2/t3-,4-,5-,6-,7+,8+,9+,10-,12?/m1/s1. The van der Waals surface area contributed by atoms with E-state index < -0.39 is 74.3 Å². The van der Waals surface area contributed by atoms with Gasteiger partial charge in [-0.05, 0) is 0 Å². The fraction of sp³-hybridized carbons (Fsp3) is 0.917. The van der Waals surface area contributed by atoms with Crippen molar-refractivity contribution in [2.45, 2.75) is 55.1 Å². The molecule has 0 saturated carbocycles. The number of carbonyl (C=O) groups excluding carboxylic acids is 1. The van der Waals surface area contributed by atoms with Gasteiger partial charge in [-0.15, -0.1) is 0 Å². The van der Waals surface area contributed by atoms with Crippen LogP contribution >= 0.6 is 0 Å². The molecule has 12 heteroatoms. The van der Waals surface area contributed by atoms with Crippen LogP contribution < -0.4 is 0 Å². The Morgan fingerprint density at radius 2 is 1.54 bits per heavy atom. The van der Waals surface area contributed by atoms with E-state index in [1.165, 1.54) is 0 Å². The Balaban J connectivity index is 2.71. The van der Waals surface area contributed by atoms with Gasteiger partial charge in [0.15, 0.2) is 6.10 Å². The minimum atomic E-state index is -2.38. The zero-order valence-corrected chi connectivity index (χ0v) is 12.4.